The zero-order chi connectivity index (χ0) is 16.4. The van der Waals surface area contributed by atoms with E-state index in [2.05, 4.69) is 10.3 Å². The lowest BCUT2D eigenvalue weighted by atomic mass is 10.1. The van der Waals surface area contributed by atoms with Gasteiger partial charge in [0.2, 0.25) is 11.8 Å². The van der Waals surface area contributed by atoms with Crippen LogP contribution in [0.4, 0.5) is 11.4 Å². The molecule has 0 spiro atoms. The summed E-state index contributed by atoms with van der Waals surface area (Å²) < 4.78 is 0. The SMILES string of the molecule is Cc1cccc(C)c1NC(=O)C1CC(=O)N(c2cccnc2)C1. The van der Waals surface area contributed by atoms with Crippen molar-refractivity contribution in [3.05, 3.63) is 53.9 Å². The lowest BCUT2D eigenvalue weighted by molar-refractivity contribution is -0.122. The summed E-state index contributed by atoms with van der Waals surface area (Å²) >= 11 is 0. The van der Waals surface area contributed by atoms with E-state index in [-0.39, 0.29) is 24.2 Å². The summed E-state index contributed by atoms with van der Waals surface area (Å²) in [5.74, 6) is -0.497. The molecule has 1 unspecified atom stereocenters. The number of para-hydroxylation sites is 1. The van der Waals surface area contributed by atoms with E-state index >= 15 is 0 Å². The molecule has 1 atom stereocenters. The number of amides is 2. The quantitative estimate of drug-likeness (QED) is 0.948. The maximum atomic E-state index is 12.5. The molecule has 1 saturated heterocycles. The van der Waals surface area contributed by atoms with Crippen LogP contribution in [0.1, 0.15) is 17.5 Å². The van der Waals surface area contributed by atoms with Gasteiger partial charge in [0, 0.05) is 24.8 Å². The Bertz CT molecular complexity index is 723. The number of nitrogens with zero attached hydrogens (tertiary/aromatic N) is 2. The molecule has 5 nitrogen and oxygen atoms in total. The number of aromatic nitrogens is 1. The third-order valence-electron chi connectivity index (χ3n) is 4.18. The van der Waals surface area contributed by atoms with E-state index in [9.17, 15) is 9.59 Å². The van der Waals surface area contributed by atoms with Crippen LogP contribution >= 0.6 is 0 Å². The molecule has 118 valence electrons. The summed E-state index contributed by atoms with van der Waals surface area (Å²) in [4.78, 5) is 30.4. The number of rotatable bonds is 3. The Hall–Kier alpha value is -2.69. The maximum absolute atomic E-state index is 12.5. The highest BCUT2D eigenvalue weighted by Gasteiger charge is 2.35. The molecule has 2 heterocycles. The van der Waals surface area contributed by atoms with Gasteiger partial charge in [0.15, 0.2) is 0 Å². The first-order chi connectivity index (χ1) is 11.1. The van der Waals surface area contributed by atoms with Crippen LogP contribution < -0.4 is 10.2 Å². The number of pyridine rings is 1. The molecule has 1 fully saturated rings. The van der Waals surface area contributed by atoms with Crippen molar-refractivity contribution in [2.75, 3.05) is 16.8 Å². The number of hydrogen-bond donors (Lipinski definition) is 1. The third-order valence-corrected chi connectivity index (χ3v) is 4.18. The van der Waals surface area contributed by atoms with Crippen LogP contribution in [0.2, 0.25) is 0 Å². The fourth-order valence-corrected chi connectivity index (χ4v) is 2.88. The predicted octanol–water partition coefficient (Wildman–Crippen LogP) is 2.69. The number of hydrogen-bond acceptors (Lipinski definition) is 3. The second kappa shape index (κ2) is 6.20. The van der Waals surface area contributed by atoms with Crippen molar-refractivity contribution in [3.8, 4) is 0 Å². The van der Waals surface area contributed by atoms with Crippen molar-refractivity contribution in [1.29, 1.82) is 0 Å². The summed E-state index contributed by atoms with van der Waals surface area (Å²) in [6, 6.07) is 9.50. The zero-order valence-electron chi connectivity index (χ0n) is 13.2. The number of carbonyl (C=O) groups excluding carboxylic acids is 2. The standard InChI is InChI=1S/C18H19N3O2/c1-12-5-3-6-13(2)17(12)20-18(23)14-9-16(22)21(11-14)15-7-4-8-19-10-15/h3-8,10,14H,9,11H2,1-2H3,(H,20,23). The number of aryl methyl sites for hydroxylation is 2. The highest BCUT2D eigenvalue weighted by atomic mass is 16.2. The van der Waals surface area contributed by atoms with Crippen molar-refractivity contribution in [3.63, 3.8) is 0 Å². The lowest BCUT2D eigenvalue weighted by Crippen LogP contribution is -2.28. The molecule has 1 aliphatic rings. The van der Waals surface area contributed by atoms with Gasteiger partial charge in [-0.3, -0.25) is 14.6 Å². The largest absolute Gasteiger partial charge is 0.325 e. The van der Waals surface area contributed by atoms with Gasteiger partial charge in [-0.25, -0.2) is 0 Å². The van der Waals surface area contributed by atoms with Gasteiger partial charge in [0.25, 0.3) is 0 Å². The van der Waals surface area contributed by atoms with Gasteiger partial charge in [-0.15, -0.1) is 0 Å². The number of benzene rings is 1. The van der Waals surface area contributed by atoms with Gasteiger partial charge >= 0.3 is 0 Å². The van der Waals surface area contributed by atoms with E-state index in [0.717, 1.165) is 22.5 Å². The monoisotopic (exact) mass is 309 g/mol. The Morgan fingerprint density at radius 2 is 1.96 bits per heavy atom. The van der Waals surface area contributed by atoms with E-state index in [1.165, 1.54) is 0 Å². The molecule has 2 amide bonds. The van der Waals surface area contributed by atoms with E-state index in [4.69, 9.17) is 0 Å². The zero-order valence-corrected chi connectivity index (χ0v) is 13.2. The van der Waals surface area contributed by atoms with Gasteiger partial charge in [0.1, 0.15) is 0 Å². The molecule has 3 rings (SSSR count). The minimum atomic E-state index is -0.346. The first-order valence-electron chi connectivity index (χ1n) is 7.63. The Balaban J connectivity index is 1.73. The first-order valence-corrected chi connectivity index (χ1v) is 7.63. The van der Waals surface area contributed by atoms with Gasteiger partial charge in [-0.1, -0.05) is 18.2 Å². The third kappa shape index (κ3) is 3.08. The molecule has 1 aromatic carbocycles. The molecular formula is C18H19N3O2. The van der Waals surface area contributed by atoms with Crippen LogP contribution in [0.5, 0.6) is 0 Å². The number of anilines is 2. The van der Waals surface area contributed by atoms with Gasteiger partial charge < -0.3 is 10.2 Å². The fraction of sp³-hybridized carbons (Fsp3) is 0.278. The average Bonchev–Trinajstić information content (AvgIpc) is 2.94. The molecule has 0 radical (unpaired) electrons. The molecule has 0 aliphatic carbocycles. The Morgan fingerprint density at radius 1 is 1.22 bits per heavy atom. The van der Waals surface area contributed by atoms with Gasteiger partial charge in [-0.05, 0) is 37.1 Å². The smallest absolute Gasteiger partial charge is 0.229 e. The minimum Gasteiger partial charge on any atom is -0.325 e. The molecule has 1 aromatic heterocycles. The second-order valence-corrected chi connectivity index (χ2v) is 5.87. The van der Waals surface area contributed by atoms with E-state index in [1.54, 1.807) is 23.4 Å². The van der Waals surface area contributed by atoms with E-state index in [0.29, 0.717) is 6.54 Å². The van der Waals surface area contributed by atoms with Crippen molar-refractivity contribution < 1.29 is 9.59 Å². The predicted molar refractivity (Wildman–Crippen MR) is 89.2 cm³/mol. The Kier molecular flexibility index (Phi) is 4.10. The Morgan fingerprint density at radius 3 is 2.61 bits per heavy atom. The van der Waals surface area contributed by atoms with Crippen LogP contribution in [0.3, 0.4) is 0 Å². The number of carbonyl (C=O) groups is 2. The van der Waals surface area contributed by atoms with Crippen LogP contribution in [0, 0.1) is 19.8 Å². The summed E-state index contributed by atoms with van der Waals surface area (Å²) in [5, 5.41) is 2.98. The maximum Gasteiger partial charge on any atom is 0.229 e. The van der Waals surface area contributed by atoms with Crippen molar-refractivity contribution in [1.82, 2.24) is 4.98 Å². The fourth-order valence-electron chi connectivity index (χ4n) is 2.88. The summed E-state index contributed by atoms with van der Waals surface area (Å²) in [6.07, 6.45) is 3.53. The van der Waals surface area contributed by atoms with Crippen LogP contribution in [-0.4, -0.2) is 23.3 Å². The highest BCUT2D eigenvalue weighted by molar-refractivity contribution is 6.03. The Labute approximate surface area is 135 Å². The van der Waals surface area contributed by atoms with E-state index in [1.807, 2.05) is 38.1 Å². The lowest BCUT2D eigenvalue weighted by Gasteiger charge is -2.17. The van der Waals surface area contributed by atoms with Crippen LogP contribution in [0.25, 0.3) is 0 Å². The highest BCUT2D eigenvalue weighted by Crippen LogP contribution is 2.26. The average molecular weight is 309 g/mol. The molecule has 0 bridgehead atoms. The molecule has 23 heavy (non-hydrogen) atoms. The summed E-state index contributed by atoms with van der Waals surface area (Å²) in [6.45, 7) is 4.32. The molecular weight excluding hydrogens is 290 g/mol. The molecule has 1 aliphatic heterocycles. The van der Waals surface area contributed by atoms with Crippen molar-refractivity contribution >= 4 is 23.2 Å². The van der Waals surface area contributed by atoms with Crippen LogP contribution in [-0.2, 0) is 9.59 Å². The first kappa shape index (κ1) is 15.2. The summed E-state index contributed by atoms with van der Waals surface area (Å²) in [7, 11) is 0. The van der Waals surface area contributed by atoms with Crippen LogP contribution in [0.15, 0.2) is 42.7 Å². The summed E-state index contributed by atoms with van der Waals surface area (Å²) in [5.41, 5.74) is 3.61. The minimum absolute atomic E-state index is 0.0420. The van der Waals surface area contributed by atoms with Crippen molar-refractivity contribution in [2.45, 2.75) is 20.3 Å². The molecule has 1 N–H and O–H groups in total. The van der Waals surface area contributed by atoms with Gasteiger partial charge in [-0.2, -0.15) is 0 Å². The molecule has 5 heteroatoms. The number of nitrogens with one attached hydrogen (secondary N) is 1. The van der Waals surface area contributed by atoms with Gasteiger partial charge in [0.05, 0.1) is 17.8 Å². The molecule has 2 aromatic rings. The normalized spacial score (nSPS) is 17.4. The second-order valence-electron chi connectivity index (χ2n) is 5.87. The van der Waals surface area contributed by atoms with E-state index < -0.39 is 0 Å². The molecule has 0 saturated carbocycles. The topological polar surface area (TPSA) is 62.3 Å². The van der Waals surface area contributed by atoms with Crippen molar-refractivity contribution in [2.24, 2.45) is 5.92 Å².